The zero-order valence-electron chi connectivity index (χ0n) is 17.6. The smallest absolute Gasteiger partial charge is 0.422 e. The maximum atomic E-state index is 12.4. The number of alkyl halides is 3. The molecule has 0 saturated carbocycles. The number of hydrogen-bond acceptors (Lipinski definition) is 6. The predicted octanol–water partition coefficient (Wildman–Crippen LogP) is 2.83. The number of pyridine rings is 1. The first-order valence-corrected chi connectivity index (χ1v) is 10.1. The Hall–Kier alpha value is -3.14. The molecular weight excluding hydrogens is 427 g/mol. The van der Waals surface area contributed by atoms with Crippen LogP contribution in [0, 0.1) is 6.92 Å². The number of hydrogen-bond donors (Lipinski definition) is 0. The number of amides is 1. The van der Waals surface area contributed by atoms with Crippen molar-refractivity contribution in [1.82, 2.24) is 14.8 Å². The SMILES string of the molecule is Cc1cccc(CN2CCN(C(=O)COC(=O)c3ccc(OCC(F)(F)F)nc3)CC2)c1. The summed E-state index contributed by atoms with van der Waals surface area (Å²) in [5.74, 6) is -1.35. The minimum atomic E-state index is -4.48. The third-order valence-electron chi connectivity index (χ3n) is 4.90. The van der Waals surface area contributed by atoms with E-state index in [9.17, 15) is 22.8 Å². The minimum Gasteiger partial charge on any atom is -0.468 e. The fourth-order valence-electron chi connectivity index (χ4n) is 3.27. The Balaban J connectivity index is 1.40. The largest absolute Gasteiger partial charge is 0.468 e. The van der Waals surface area contributed by atoms with Gasteiger partial charge in [0.15, 0.2) is 13.2 Å². The van der Waals surface area contributed by atoms with E-state index in [0.717, 1.165) is 31.9 Å². The molecule has 1 saturated heterocycles. The van der Waals surface area contributed by atoms with Gasteiger partial charge in [-0.05, 0) is 18.6 Å². The third-order valence-corrected chi connectivity index (χ3v) is 4.90. The van der Waals surface area contributed by atoms with Crippen molar-refractivity contribution in [2.24, 2.45) is 0 Å². The van der Waals surface area contributed by atoms with Crippen LogP contribution in [-0.4, -0.2) is 72.2 Å². The average Bonchev–Trinajstić information content (AvgIpc) is 2.76. The standard InChI is InChI=1S/C22H24F3N3O4/c1-16-3-2-4-17(11-16)13-27-7-9-28(10-8-27)20(29)14-31-21(30)18-5-6-19(26-12-18)32-15-22(23,24)25/h2-6,11-12H,7-10,13-15H2,1H3. The second kappa shape index (κ2) is 10.4. The molecule has 3 rings (SSSR count). The van der Waals surface area contributed by atoms with Gasteiger partial charge in [-0.25, -0.2) is 9.78 Å². The van der Waals surface area contributed by atoms with Gasteiger partial charge in [-0.2, -0.15) is 13.2 Å². The summed E-state index contributed by atoms with van der Waals surface area (Å²) in [6.45, 7) is 3.49. The van der Waals surface area contributed by atoms with Crippen LogP contribution >= 0.6 is 0 Å². The highest BCUT2D eigenvalue weighted by molar-refractivity contribution is 5.91. The van der Waals surface area contributed by atoms with E-state index < -0.39 is 25.4 Å². The normalized spacial score (nSPS) is 14.8. The summed E-state index contributed by atoms with van der Waals surface area (Å²) in [5.41, 5.74) is 2.44. The van der Waals surface area contributed by atoms with Crippen LogP contribution in [0.25, 0.3) is 0 Å². The van der Waals surface area contributed by atoms with Gasteiger partial charge in [0.1, 0.15) is 0 Å². The first-order chi connectivity index (χ1) is 15.2. The van der Waals surface area contributed by atoms with E-state index in [1.807, 2.05) is 19.1 Å². The molecule has 7 nitrogen and oxygen atoms in total. The number of nitrogens with zero attached hydrogens (tertiary/aromatic N) is 3. The van der Waals surface area contributed by atoms with E-state index in [0.29, 0.717) is 13.1 Å². The topological polar surface area (TPSA) is 72.0 Å². The van der Waals surface area contributed by atoms with Crippen molar-refractivity contribution in [1.29, 1.82) is 0 Å². The first-order valence-electron chi connectivity index (χ1n) is 10.1. The highest BCUT2D eigenvalue weighted by atomic mass is 19.4. The molecule has 0 unspecified atom stereocenters. The number of halogens is 3. The van der Waals surface area contributed by atoms with E-state index in [2.05, 4.69) is 26.8 Å². The number of esters is 1. The van der Waals surface area contributed by atoms with Gasteiger partial charge in [-0.15, -0.1) is 0 Å². The van der Waals surface area contributed by atoms with E-state index in [4.69, 9.17) is 4.74 Å². The lowest BCUT2D eigenvalue weighted by Crippen LogP contribution is -2.49. The zero-order chi connectivity index (χ0) is 23.1. The summed E-state index contributed by atoms with van der Waals surface area (Å²) in [5, 5.41) is 0. The Morgan fingerprint density at radius 3 is 2.47 bits per heavy atom. The van der Waals surface area contributed by atoms with Crippen molar-refractivity contribution in [3.05, 3.63) is 59.3 Å². The predicted molar refractivity (Wildman–Crippen MR) is 109 cm³/mol. The molecule has 2 heterocycles. The first kappa shape index (κ1) is 23.5. The van der Waals surface area contributed by atoms with Crippen LogP contribution in [-0.2, 0) is 16.1 Å². The number of aromatic nitrogens is 1. The summed E-state index contributed by atoms with van der Waals surface area (Å²) in [4.78, 5) is 32.0. The second-order valence-corrected chi connectivity index (χ2v) is 7.51. The lowest BCUT2D eigenvalue weighted by Gasteiger charge is -2.34. The lowest BCUT2D eigenvalue weighted by molar-refractivity contribution is -0.154. The molecule has 1 aliphatic heterocycles. The third kappa shape index (κ3) is 7.23. The van der Waals surface area contributed by atoms with Gasteiger partial charge in [0.05, 0.1) is 5.56 Å². The van der Waals surface area contributed by atoms with Gasteiger partial charge in [-0.3, -0.25) is 9.69 Å². The summed E-state index contributed by atoms with van der Waals surface area (Å²) in [6.07, 6.45) is -3.44. The molecule has 1 aliphatic rings. The quantitative estimate of drug-likeness (QED) is 0.603. The van der Waals surface area contributed by atoms with Gasteiger partial charge >= 0.3 is 12.1 Å². The Labute approximate surface area is 183 Å². The highest BCUT2D eigenvalue weighted by Crippen LogP contribution is 2.17. The highest BCUT2D eigenvalue weighted by Gasteiger charge is 2.28. The van der Waals surface area contributed by atoms with E-state index in [1.54, 1.807) is 4.90 Å². The minimum absolute atomic E-state index is 0.0140. The van der Waals surface area contributed by atoms with Crippen molar-refractivity contribution in [2.75, 3.05) is 39.4 Å². The maximum Gasteiger partial charge on any atom is 0.422 e. The molecule has 172 valence electrons. The molecule has 0 aliphatic carbocycles. The summed E-state index contributed by atoms with van der Waals surface area (Å²) in [7, 11) is 0. The van der Waals surface area contributed by atoms with Crippen molar-refractivity contribution >= 4 is 11.9 Å². The lowest BCUT2D eigenvalue weighted by atomic mass is 10.1. The molecule has 1 aromatic heterocycles. The van der Waals surface area contributed by atoms with Crippen molar-refractivity contribution in [3.8, 4) is 5.88 Å². The Kier molecular flexibility index (Phi) is 7.68. The van der Waals surface area contributed by atoms with Gasteiger partial charge in [0.25, 0.3) is 5.91 Å². The number of carbonyl (C=O) groups excluding carboxylic acids is 2. The molecule has 10 heteroatoms. The van der Waals surface area contributed by atoms with E-state index in [1.165, 1.54) is 17.2 Å². The molecule has 0 N–H and O–H groups in total. The second-order valence-electron chi connectivity index (χ2n) is 7.51. The Morgan fingerprint density at radius 2 is 1.84 bits per heavy atom. The maximum absolute atomic E-state index is 12.4. The number of benzene rings is 1. The van der Waals surface area contributed by atoms with Gasteiger partial charge in [0, 0.05) is 45.0 Å². The van der Waals surface area contributed by atoms with Crippen LogP contribution in [0.3, 0.4) is 0 Å². The summed E-state index contributed by atoms with van der Waals surface area (Å²) < 4.78 is 46.0. The molecule has 0 radical (unpaired) electrons. The summed E-state index contributed by atoms with van der Waals surface area (Å²) >= 11 is 0. The van der Waals surface area contributed by atoms with Crippen molar-refractivity contribution in [3.63, 3.8) is 0 Å². The van der Waals surface area contributed by atoms with Crippen molar-refractivity contribution in [2.45, 2.75) is 19.6 Å². The number of ether oxygens (including phenoxy) is 2. The monoisotopic (exact) mass is 451 g/mol. The Bertz CT molecular complexity index is 927. The Morgan fingerprint density at radius 1 is 1.09 bits per heavy atom. The fraction of sp³-hybridized carbons (Fsp3) is 0.409. The molecule has 0 bridgehead atoms. The van der Waals surface area contributed by atoms with Gasteiger partial charge < -0.3 is 14.4 Å². The molecule has 1 aromatic carbocycles. The molecule has 2 aromatic rings. The molecule has 1 fully saturated rings. The molecular formula is C22H24F3N3O4. The van der Waals surface area contributed by atoms with Crippen molar-refractivity contribution < 1.29 is 32.2 Å². The van der Waals surface area contributed by atoms with E-state index in [-0.39, 0.29) is 17.4 Å². The fourth-order valence-corrected chi connectivity index (χ4v) is 3.27. The summed E-state index contributed by atoms with van der Waals surface area (Å²) in [6, 6.07) is 10.7. The molecule has 0 atom stereocenters. The van der Waals surface area contributed by atoms with Gasteiger partial charge in [-0.1, -0.05) is 29.8 Å². The van der Waals surface area contributed by atoms with Crippen LogP contribution in [0.5, 0.6) is 5.88 Å². The number of piperazine rings is 1. The van der Waals surface area contributed by atoms with Crippen LogP contribution in [0.15, 0.2) is 42.6 Å². The van der Waals surface area contributed by atoms with E-state index >= 15 is 0 Å². The molecule has 1 amide bonds. The molecule has 32 heavy (non-hydrogen) atoms. The number of rotatable bonds is 7. The average molecular weight is 451 g/mol. The van der Waals surface area contributed by atoms with Crippen LogP contribution in [0.1, 0.15) is 21.5 Å². The van der Waals surface area contributed by atoms with Crippen LogP contribution in [0.2, 0.25) is 0 Å². The number of carbonyl (C=O) groups is 2. The molecule has 0 spiro atoms. The number of aryl methyl sites for hydroxylation is 1. The zero-order valence-corrected chi connectivity index (χ0v) is 17.6. The van der Waals surface area contributed by atoms with Crippen LogP contribution in [0.4, 0.5) is 13.2 Å². The van der Waals surface area contributed by atoms with Gasteiger partial charge in [0.2, 0.25) is 5.88 Å². The van der Waals surface area contributed by atoms with Crippen LogP contribution < -0.4 is 4.74 Å².